The van der Waals surface area contributed by atoms with Crippen molar-refractivity contribution in [3.8, 4) is 39.8 Å². The summed E-state index contributed by atoms with van der Waals surface area (Å²) >= 11 is 0. The van der Waals surface area contributed by atoms with Gasteiger partial charge in [0, 0.05) is 49.1 Å². The molecular weight excluding hydrogens is 695 g/mol. The van der Waals surface area contributed by atoms with E-state index in [1.807, 2.05) is 12.1 Å². The van der Waals surface area contributed by atoms with Crippen molar-refractivity contribution in [2.45, 2.75) is 0 Å². The molecule has 0 amide bonds. The fourth-order valence-corrected chi connectivity index (χ4v) is 9.08. The number of para-hydroxylation sites is 4. The van der Waals surface area contributed by atoms with E-state index in [1.54, 1.807) is 0 Å². The molecule has 0 aliphatic rings. The maximum absolute atomic E-state index is 5.30. The molecule has 0 atom stereocenters. The van der Waals surface area contributed by atoms with Crippen LogP contribution in [0.15, 0.2) is 200 Å². The molecular formula is C52H33N5. The Bertz CT molecular complexity index is 3440. The van der Waals surface area contributed by atoms with Crippen molar-refractivity contribution >= 4 is 65.4 Å². The zero-order valence-electron chi connectivity index (χ0n) is 30.8. The molecule has 0 fully saturated rings. The molecule has 0 aliphatic carbocycles. The van der Waals surface area contributed by atoms with E-state index in [-0.39, 0.29) is 0 Å². The van der Waals surface area contributed by atoms with E-state index in [4.69, 9.17) is 9.97 Å². The summed E-state index contributed by atoms with van der Waals surface area (Å²) in [4.78, 5) is 10.6. The SMILES string of the molecule is c1ccc(-c2cc(-c3ccccc3)nc(-n3c4ccccc4c4c(-n5c6ccccc6c6c7c8ccccc8n(-c8ccccc8)c7ccc65)cccc43)n2)cc1. The topological polar surface area (TPSA) is 40.6 Å². The highest BCUT2D eigenvalue weighted by Gasteiger charge is 2.24. The van der Waals surface area contributed by atoms with Gasteiger partial charge < -0.3 is 9.13 Å². The summed E-state index contributed by atoms with van der Waals surface area (Å²) in [5.74, 6) is 0.635. The van der Waals surface area contributed by atoms with Crippen molar-refractivity contribution in [2.75, 3.05) is 0 Å². The van der Waals surface area contributed by atoms with E-state index in [9.17, 15) is 0 Å². The molecule has 0 spiro atoms. The minimum Gasteiger partial charge on any atom is -0.309 e. The van der Waals surface area contributed by atoms with E-state index in [0.717, 1.165) is 66.7 Å². The second kappa shape index (κ2) is 12.4. The van der Waals surface area contributed by atoms with E-state index < -0.39 is 0 Å². The predicted octanol–water partition coefficient (Wildman–Crippen LogP) is 13.1. The zero-order chi connectivity index (χ0) is 37.5. The molecule has 8 aromatic carbocycles. The summed E-state index contributed by atoms with van der Waals surface area (Å²) < 4.78 is 7.11. The van der Waals surface area contributed by atoms with Gasteiger partial charge in [0.15, 0.2) is 0 Å². The number of benzene rings is 8. The molecule has 5 nitrogen and oxygen atoms in total. The van der Waals surface area contributed by atoms with E-state index in [0.29, 0.717) is 5.95 Å². The smallest absolute Gasteiger partial charge is 0.235 e. The van der Waals surface area contributed by atoms with E-state index in [2.05, 4.69) is 202 Å². The van der Waals surface area contributed by atoms with Crippen LogP contribution in [-0.2, 0) is 0 Å². The fraction of sp³-hybridized carbons (Fsp3) is 0. The van der Waals surface area contributed by atoms with Crippen molar-refractivity contribution in [1.82, 2.24) is 23.7 Å². The Morgan fingerprint density at radius 2 is 0.719 bits per heavy atom. The van der Waals surface area contributed by atoms with Crippen molar-refractivity contribution < 1.29 is 0 Å². The van der Waals surface area contributed by atoms with Crippen LogP contribution in [0.2, 0.25) is 0 Å². The third-order valence-electron chi connectivity index (χ3n) is 11.5. The van der Waals surface area contributed by atoms with Gasteiger partial charge in [0.1, 0.15) is 0 Å². The molecule has 12 aromatic rings. The van der Waals surface area contributed by atoms with Gasteiger partial charge >= 0.3 is 0 Å². The van der Waals surface area contributed by atoms with Gasteiger partial charge in [-0.15, -0.1) is 0 Å². The summed E-state index contributed by atoms with van der Waals surface area (Å²) in [6, 6.07) is 71.1. The van der Waals surface area contributed by atoms with Crippen molar-refractivity contribution in [3.63, 3.8) is 0 Å². The highest BCUT2D eigenvalue weighted by atomic mass is 15.2. The first-order chi connectivity index (χ1) is 28.3. The summed E-state index contributed by atoms with van der Waals surface area (Å²) in [5, 5.41) is 7.27. The van der Waals surface area contributed by atoms with E-state index in [1.165, 1.54) is 32.6 Å². The van der Waals surface area contributed by atoms with Crippen molar-refractivity contribution in [3.05, 3.63) is 200 Å². The summed E-state index contributed by atoms with van der Waals surface area (Å²) in [5.41, 5.74) is 12.9. The Balaban J connectivity index is 1.18. The van der Waals surface area contributed by atoms with Gasteiger partial charge in [-0.25, -0.2) is 9.97 Å². The van der Waals surface area contributed by atoms with Gasteiger partial charge in [-0.1, -0.05) is 140 Å². The Morgan fingerprint density at radius 3 is 1.30 bits per heavy atom. The van der Waals surface area contributed by atoms with Gasteiger partial charge in [0.05, 0.1) is 50.2 Å². The van der Waals surface area contributed by atoms with Crippen molar-refractivity contribution in [2.24, 2.45) is 0 Å². The number of fused-ring (bicyclic) bond motifs is 10. The number of nitrogens with zero attached hydrogens (tertiary/aromatic N) is 5. The lowest BCUT2D eigenvalue weighted by atomic mass is 10.1. The third-order valence-corrected chi connectivity index (χ3v) is 11.5. The average Bonchev–Trinajstić information content (AvgIpc) is 3.93. The maximum Gasteiger partial charge on any atom is 0.235 e. The quantitative estimate of drug-likeness (QED) is 0.177. The van der Waals surface area contributed by atoms with Crippen LogP contribution in [0.1, 0.15) is 0 Å². The normalized spacial score (nSPS) is 11.9. The Morgan fingerprint density at radius 1 is 0.298 bits per heavy atom. The molecule has 12 rings (SSSR count). The van der Waals surface area contributed by atoms with Crippen LogP contribution in [0.4, 0.5) is 0 Å². The highest BCUT2D eigenvalue weighted by molar-refractivity contribution is 6.29. The van der Waals surface area contributed by atoms with Crippen LogP contribution in [0, 0.1) is 0 Å². The molecule has 4 aromatic heterocycles. The predicted molar refractivity (Wildman–Crippen MR) is 236 cm³/mol. The summed E-state index contributed by atoms with van der Waals surface area (Å²) in [6.45, 7) is 0. The van der Waals surface area contributed by atoms with E-state index >= 15 is 0 Å². The largest absolute Gasteiger partial charge is 0.309 e. The first-order valence-electron chi connectivity index (χ1n) is 19.4. The average molecular weight is 728 g/mol. The first-order valence-corrected chi connectivity index (χ1v) is 19.4. The van der Waals surface area contributed by atoms with Gasteiger partial charge in [-0.2, -0.15) is 0 Å². The second-order valence-electron chi connectivity index (χ2n) is 14.6. The Labute approximate surface area is 328 Å². The lowest BCUT2D eigenvalue weighted by Gasteiger charge is -2.13. The Kier molecular flexibility index (Phi) is 6.86. The first kappa shape index (κ1) is 31.6. The molecule has 0 saturated heterocycles. The van der Waals surface area contributed by atoms with Crippen LogP contribution in [0.3, 0.4) is 0 Å². The lowest BCUT2D eigenvalue weighted by molar-refractivity contribution is 0.995. The van der Waals surface area contributed by atoms with Gasteiger partial charge in [-0.05, 0) is 60.7 Å². The fourth-order valence-electron chi connectivity index (χ4n) is 9.08. The van der Waals surface area contributed by atoms with Crippen molar-refractivity contribution in [1.29, 1.82) is 0 Å². The Hall–Kier alpha value is -7.76. The molecule has 5 heteroatoms. The number of aromatic nitrogens is 5. The molecule has 0 aliphatic heterocycles. The molecule has 57 heavy (non-hydrogen) atoms. The summed E-state index contributed by atoms with van der Waals surface area (Å²) in [6.07, 6.45) is 0. The lowest BCUT2D eigenvalue weighted by Crippen LogP contribution is -2.04. The van der Waals surface area contributed by atoms with Gasteiger partial charge in [-0.3, -0.25) is 4.57 Å². The van der Waals surface area contributed by atoms with Crippen LogP contribution in [-0.4, -0.2) is 23.7 Å². The van der Waals surface area contributed by atoms with Crippen LogP contribution in [0.5, 0.6) is 0 Å². The second-order valence-corrected chi connectivity index (χ2v) is 14.6. The molecule has 0 N–H and O–H groups in total. The van der Waals surface area contributed by atoms with Crippen LogP contribution in [0.25, 0.3) is 105 Å². The molecule has 0 saturated carbocycles. The number of hydrogen-bond donors (Lipinski definition) is 0. The number of hydrogen-bond acceptors (Lipinski definition) is 2. The standard InChI is InChI=1S/C52H33N5/c1-4-17-34(18-5-1)40-33-41(35-19-6-2-7-20-35)54-52(53-40)57-44-28-15-10-23-37(44)49-45(29-16-30-46(49)57)56-43-27-14-12-25-39(43)51-48(56)32-31-47-50(51)38-24-11-13-26-42(38)55(47)36-21-8-3-9-22-36/h1-33H. The molecule has 0 unspecified atom stereocenters. The summed E-state index contributed by atoms with van der Waals surface area (Å²) in [7, 11) is 0. The van der Waals surface area contributed by atoms with Gasteiger partial charge in [0.2, 0.25) is 5.95 Å². The third kappa shape index (κ3) is 4.69. The van der Waals surface area contributed by atoms with Gasteiger partial charge in [0.25, 0.3) is 0 Å². The molecule has 4 heterocycles. The monoisotopic (exact) mass is 727 g/mol. The van der Waals surface area contributed by atoms with Crippen LogP contribution >= 0.6 is 0 Å². The highest BCUT2D eigenvalue weighted by Crippen LogP contribution is 2.44. The maximum atomic E-state index is 5.30. The zero-order valence-corrected chi connectivity index (χ0v) is 30.8. The minimum atomic E-state index is 0.635. The number of rotatable bonds is 5. The molecule has 0 radical (unpaired) electrons. The van der Waals surface area contributed by atoms with Crippen LogP contribution < -0.4 is 0 Å². The molecule has 266 valence electrons. The minimum absolute atomic E-state index is 0.635. The molecule has 0 bridgehead atoms.